The van der Waals surface area contributed by atoms with Crippen molar-refractivity contribution in [3.05, 3.63) is 16.4 Å². The van der Waals surface area contributed by atoms with Gasteiger partial charge in [0, 0.05) is 0 Å². The molecule has 86 valence electrons. The van der Waals surface area contributed by atoms with E-state index in [1.54, 1.807) is 0 Å². The zero-order valence-electron chi connectivity index (χ0n) is 8.13. The van der Waals surface area contributed by atoms with Gasteiger partial charge in [0.2, 0.25) is 5.82 Å². The lowest BCUT2D eigenvalue weighted by atomic mass is 10.4. The third-order valence-electron chi connectivity index (χ3n) is 1.47. The minimum atomic E-state index is -0.910. The standard InChI is InChI=1S/C6H8N6O4/c1-16-5-3(12(14)15)4(8-2-9-5)10-11-6(7)13/h2H,1H3,(H3,7,11,13)(H,8,9,10). The SMILES string of the molecule is COc1ncnc(NNC(N)=O)c1[N+](=O)[O-]. The number of primary amides is 1. The molecule has 10 nitrogen and oxygen atoms in total. The molecule has 0 saturated carbocycles. The summed E-state index contributed by atoms with van der Waals surface area (Å²) >= 11 is 0. The summed E-state index contributed by atoms with van der Waals surface area (Å²) in [7, 11) is 1.22. The molecular weight excluding hydrogens is 220 g/mol. The van der Waals surface area contributed by atoms with Gasteiger partial charge in [-0.1, -0.05) is 0 Å². The number of hydrazine groups is 1. The van der Waals surface area contributed by atoms with Crippen LogP contribution in [0.4, 0.5) is 16.3 Å². The Morgan fingerprint density at radius 3 is 2.81 bits per heavy atom. The predicted molar refractivity (Wildman–Crippen MR) is 51.6 cm³/mol. The zero-order chi connectivity index (χ0) is 12.1. The average Bonchev–Trinajstić information content (AvgIpc) is 2.25. The van der Waals surface area contributed by atoms with Crippen LogP contribution in [0.2, 0.25) is 0 Å². The van der Waals surface area contributed by atoms with Crippen LogP contribution in [0.1, 0.15) is 0 Å². The summed E-state index contributed by atoms with van der Waals surface area (Å²) in [5, 5.41) is 10.7. The zero-order valence-corrected chi connectivity index (χ0v) is 8.13. The Hall–Kier alpha value is -2.65. The molecule has 0 unspecified atom stereocenters. The van der Waals surface area contributed by atoms with Gasteiger partial charge >= 0.3 is 11.7 Å². The Kier molecular flexibility index (Phi) is 3.37. The number of ether oxygens (including phenoxy) is 1. The van der Waals surface area contributed by atoms with E-state index in [4.69, 9.17) is 5.73 Å². The highest BCUT2D eigenvalue weighted by Gasteiger charge is 2.23. The fraction of sp³-hybridized carbons (Fsp3) is 0.167. The van der Waals surface area contributed by atoms with Crippen LogP contribution in [0.15, 0.2) is 6.33 Å². The molecule has 0 aliphatic heterocycles. The van der Waals surface area contributed by atoms with Gasteiger partial charge in [0.1, 0.15) is 6.33 Å². The molecule has 0 fully saturated rings. The monoisotopic (exact) mass is 228 g/mol. The molecule has 4 N–H and O–H groups in total. The molecule has 2 amide bonds. The van der Waals surface area contributed by atoms with E-state index in [0.29, 0.717) is 0 Å². The van der Waals surface area contributed by atoms with E-state index in [1.807, 2.05) is 5.43 Å². The molecule has 16 heavy (non-hydrogen) atoms. The van der Waals surface area contributed by atoms with Crippen molar-refractivity contribution in [2.45, 2.75) is 0 Å². The van der Waals surface area contributed by atoms with Crippen LogP contribution in [0, 0.1) is 10.1 Å². The number of nitro groups is 1. The van der Waals surface area contributed by atoms with Gasteiger partial charge in [-0.3, -0.25) is 21.0 Å². The predicted octanol–water partition coefficient (Wildman–Crippen LogP) is -0.611. The lowest BCUT2D eigenvalue weighted by molar-refractivity contribution is -0.385. The number of nitrogens with two attached hydrogens (primary N) is 1. The Morgan fingerprint density at radius 2 is 2.31 bits per heavy atom. The van der Waals surface area contributed by atoms with Gasteiger partial charge in [-0.25, -0.2) is 9.78 Å². The van der Waals surface area contributed by atoms with Crippen LogP contribution in [0.3, 0.4) is 0 Å². The van der Waals surface area contributed by atoms with Crippen LogP contribution in [-0.4, -0.2) is 28.0 Å². The number of aromatic nitrogens is 2. The molecule has 0 aromatic carbocycles. The smallest absolute Gasteiger partial charge is 0.374 e. The number of carbonyl (C=O) groups is 1. The third-order valence-corrected chi connectivity index (χ3v) is 1.47. The van der Waals surface area contributed by atoms with Crippen LogP contribution in [-0.2, 0) is 0 Å². The highest BCUT2D eigenvalue weighted by Crippen LogP contribution is 2.29. The van der Waals surface area contributed by atoms with Gasteiger partial charge in [-0.2, -0.15) is 4.98 Å². The second-order valence-corrected chi connectivity index (χ2v) is 2.45. The van der Waals surface area contributed by atoms with Gasteiger partial charge in [0.15, 0.2) is 0 Å². The molecule has 1 rings (SSSR count). The molecule has 0 atom stereocenters. The van der Waals surface area contributed by atoms with E-state index in [1.165, 1.54) is 7.11 Å². The van der Waals surface area contributed by atoms with E-state index >= 15 is 0 Å². The number of rotatable bonds is 4. The number of urea groups is 1. The van der Waals surface area contributed by atoms with Crippen LogP contribution in [0.5, 0.6) is 5.88 Å². The lowest BCUT2D eigenvalue weighted by Crippen LogP contribution is -2.34. The van der Waals surface area contributed by atoms with E-state index in [2.05, 4.69) is 20.1 Å². The first-order valence-electron chi connectivity index (χ1n) is 3.91. The number of amides is 2. The number of nitrogens with one attached hydrogen (secondary N) is 2. The number of nitrogens with zero attached hydrogens (tertiary/aromatic N) is 3. The lowest BCUT2D eigenvalue weighted by Gasteiger charge is -2.06. The fourth-order valence-corrected chi connectivity index (χ4v) is 0.889. The topological polar surface area (TPSA) is 145 Å². The quantitative estimate of drug-likeness (QED) is 0.460. The minimum absolute atomic E-state index is 0.226. The van der Waals surface area contributed by atoms with Gasteiger partial charge in [-0.05, 0) is 0 Å². The van der Waals surface area contributed by atoms with Gasteiger partial charge in [0.25, 0.3) is 5.88 Å². The summed E-state index contributed by atoms with van der Waals surface area (Å²) in [5.74, 6) is -0.454. The molecular formula is C6H8N6O4. The van der Waals surface area contributed by atoms with Crippen molar-refractivity contribution in [2.24, 2.45) is 5.73 Å². The first-order chi connectivity index (χ1) is 7.56. The Balaban J connectivity index is 3.07. The minimum Gasteiger partial charge on any atom is -0.476 e. The molecule has 1 aromatic rings. The van der Waals surface area contributed by atoms with Crippen molar-refractivity contribution >= 4 is 17.5 Å². The van der Waals surface area contributed by atoms with Gasteiger partial charge in [-0.15, -0.1) is 0 Å². The van der Waals surface area contributed by atoms with Gasteiger partial charge in [0.05, 0.1) is 12.0 Å². The van der Waals surface area contributed by atoms with Gasteiger partial charge < -0.3 is 10.5 Å². The van der Waals surface area contributed by atoms with E-state index in [0.717, 1.165) is 6.33 Å². The molecule has 0 saturated heterocycles. The second-order valence-electron chi connectivity index (χ2n) is 2.45. The first kappa shape index (κ1) is 11.4. The summed E-state index contributed by atoms with van der Waals surface area (Å²) in [6.07, 6.45) is 1.04. The number of hydrogen-bond donors (Lipinski definition) is 3. The number of carbonyl (C=O) groups excluding carboxylic acids is 1. The average molecular weight is 228 g/mol. The van der Waals surface area contributed by atoms with Crippen LogP contribution in [0.25, 0.3) is 0 Å². The molecule has 0 spiro atoms. The Morgan fingerprint density at radius 1 is 1.62 bits per heavy atom. The van der Waals surface area contributed by atoms with Crippen molar-refractivity contribution in [2.75, 3.05) is 12.5 Å². The maximum atomic E-state index is 10.7. The normalized spacial score (nSPS) is 9.31. The van der Waals surface area contributed by atoms with Crippen molar-refractivity contribution in [1.29, 1.82) is 0 Å². The fourth-order valence-electron chi connectivity index (χ4n) is 0.889. The largest absolute Gasteiger partial charge is 0.476 e. The third kappa shape index (κ3) is 2.43. The summed E-state index contributed by atoms with van der Waals surface area (Å²) in [4.78, 5) is 27.5. The molecule has 0 aliphatic rings. The molecule has 1 aromatic heterocycles. The second kappa shape index (κ2) is 4.72. The molecule has 0 bridgehead atoms. The van der Waals surface area contributed by atoms with Crippen molar-refractivity contribution in [1.82, 2.24) is 15.4 Å². The number of hydrogen-bond acceptors (Lipinski definition) is 7. The van der Waals surface area contributed by atoms with Crippen molar-refractivity contribution in [3.8, 4) is 5.88 Å². The highest BCUT2D eigenvalue weighted by atomic mass is 16.6. The maximum Gasteiger partial charge on any atom is 0.374 e. The summed E-state index contributed by atoms with van der Waals surface area (Å²) < 4.78 is 4.68. The number of methoxy groups -OCH3 is 1. The van der Waals surface area contributed by atoms with E-state index < -0.39 is 16.6 Å². The molecule has 0 radical (unpaired) electrons. The van der Waals surface area contributed by atoms with Crippen molar-refractivity contribution < 1.29 is 14.5 Å². The molecule has 10 heteroatoms. The summed E-state index contributed by atoms with van der Waals surface area (Å²) in [6, 6.07) is -0.910. The van der Waals surface area contributed by atoms with E-state index in [9.17, 15) is 14.9 Å². The Labute approximate surface area is 88.9 Å². The summed E-state index contributed by atoms with van der Waals surface area (Å²) in [6.45, 7) is 0. The highest BCUT2D eigenvalue weighted by molar-refractivity contribution is 5.74. The van der Waals surface area contributed by atoms with Crippen molar-refractivity contribution in [3.63, 3.8) is 0 Å². The van der Waals surface area contributed by atoms with E-state index in [-0.39, 0.29) is 11.7 Å². The maximum absolute atomic E-state index is 10.7. The molecule has 1 heterocycles. The first-order valence-corrected chi connectivity index (χ1v) is 3.91. The summed E-state index contributed by atoms with van der Waals surface area (Å²) in [5.41, 5.74) is 8.40. The van der Waals surface area contributed by atoms with Crippen LogP contribution >= 0.6 is 0 Å². The molecule has 0 aliphatic carbocycles. The Bertz CT molecular complexity index is 421. The number of anilines is 1. The van der Waals surface area contributed by atoms with Crippen LogP contribution < -0.4 is 21.3 Å².